The number of hydrogen-bond donors (Lipinski definition) is 1. The van der Waals surface area contributed by atoms with Gasteiger partial charge in [0.25, 0.3) is 11.8 Å². The zero-order valence-electron chi connectivity index (χ0n) is 11.6. The molecule has 2 aromatic rings. The third kappa shape index (κ3) is 3.43. The number of halogens is 1. The highest BCUT2D eigenvalue weighted by atomic mass is 32.1. The first kappa shape index (κ1) is 15.1. The second-order valence-corrected chi connectivity index (χ2v) is 5.08. The van der Waals surface area contributed by atoms with Gasteiger partial charge in [-0.2, -0.15) is 0 Å². The van der Waals surface area contributed by atoms with Gasteiger partial charge < -0.3 is 5.32 Å². The monoisotopic (exact) mass is 307 g/mol. The van der Waals surface area contributed by atoms with Gasteiger partial charge in [0.1, 0.15) is 11.5 Å². The van der Waals surface area contributed by atoms with Crippen LogP contribution in [0.5, 0.6) is 0 Å². The first-order valence-electron chi connectivity index (χ1n) is 6.30. The fourth-order valence-corrected chi connectivity index (χ4v) is 2.42. The molecule has 0 aliphatic carbocycles. The maximum Gasteiger partial charge on any atom is 0.270 e. The summed E-state index contributed by atoms with van der Waals surface area (Å²) in [5.74, 6) is -0.989. The van der Waals surface area contributed by atoms with Gasteiger partial charge in [-0.1, -0.05) is 0 Å². The molecule has 2 amide bonds. The summed E-state index contributed by atoms with van der Waals surface area (Å²) in [6.07, 6.45) is 0. The Morgan fingerprint density at radius 2 is 2.00 bits per heavy atom. The summed E-state index contributed by atoms with van der Waals surface area (Å²) in [6, 6.07) is 5.27. The van der Waals surface area contributed by atoms with Crippen LogP contribution in [-0.2, 0) is 0 Å². The standard InChI is InChI=1S/C14H14FN3O2S/c1-3-16-12(19)11-8-21-14(17-11)18(2)13(20)9-4-6-10(15)7-5-9/h4-8H,3H2,1-2H3,(H,16,19). The highest BCUT2D eigenvalue weighted by Crippen LogP contribution is 2.21. The zero-order valence-corrected chi connectivity index (χ0v) is 12.4. The third-order valence-electron chi connectivity index (χ3n) is 2.74. The van der Waals surface area contributed by atoms with Gasteiger partial charge in [-0.05, 0) is 31.2 Å². The van der Waals surface area contributed by atoms with Crippen LogP contribution >= 0.6 is 11.3 Å². The van der Waals surface area contributed by atoms with Crippen LogP contribution in [0.1, 0.15) is 27.8 Å². The summed E-state index contributed by atoms with van der Waals surface area (Å²) < 4.78 is 12.9. The van der Waals surface area contributed by atoms with E-state index in [2.05, 4.69) is 10.3 Å². The lowest BCUT2D eigenvalue weighted by Gasteiger charge is -2.13. The van der Waals surface area contributed by atoms with Crippen LogP contribution in [0.2, 0.25) is 0 Å². The Morgan fingerprint density at radius 3 is 2.62 bits per heavy atom. The van der Waals surface area contributed by atoms with E-state index in [1.54, 1.807) is 12.4 Å². The Kier molecular flexibility index (Phi) is 4.64. The zero-order chi connectivity index (χ0) is 15.4. The second-order valence-electron chi connectivity index (χ2n) is 4.25. The van der Waals surface area contributed by atoms with Crippen LogP contribution in [0, 0.1) is 5.82 Å². The number of hydrogen-bond acceptors (Lipinski definition) is 4. The van der Waals surface area contributed by atoms with Crippen molar-refractivity contribution in [3.8, 4) is 0 Å². The molecule has 0 unspecified atom stereocenters. The molecule has 21 heavy (non-hydrogen) atoms. The number of anilines is 1. The lowest BCUT2D eigenvalue weighted by atomic mass is 10.2. The van der Waals surface area contributed by atoms with Gasteiger partial charge in [0.15, 0.2) is 5.13 Å². The number of aromatic nitrogens is 1. The van der Waals surface area contributed by atoms with E-state index < -0.39 is 5.82 Å². The average Bonchev–Trinajstić information content (AvgIpc) is 2.96. The van der Waals surface area contributed by atoms with Crippen LogP contribution in [0.4, 0.5) is 9.52 Å². The van der Waals surface area contributed by atoms with Crippen molar-refractivity contribution in [2.45, 2.75) is 6.92 Å². The van der Waals surface area contributed by atoms with E-state index in [9.17, 15) is 14.0 Å². The topological polar surface area (TPSA) is 62.3 Å². The molecule has 0 radical (unpaired) electrons. The predicted octanol–water partition coefficient (Wildman–Crippen LogP) is 2.31. The largest absolute Gasteiger partial charge is 0.351 e. The summed E-state index contributed by atoms with van der Waals surface area (Å²) >= 11 is 1.20. The summed E-state index contributed by atoms with van der Waals surface area (Å²) in [5, 5.41) is 4.64. The molecule has 7 heteroatoms. The molecule has 2 rings (SSSR count). The van der Waals surface area contributed by atoms with E-state index in [4.69, 9.17) is 0 Å². The Balaban J connectivity index is 2.16. The number of carbonyl (C=O) groups excluding carboxylic acids is 2. The minimum Gasteiger partial charge on any atom is -0.351 e. The number of thiazole rings is 1. The number of nitrogens with one attached hydrogen (secondary N) is 1. The van der Waals surface area contributed by atoms with Gasteiger partial charge in [-0.15, -0.1) is 11.3 Å². The molecule has 110 valence electrons. The maximum absolute atomic E-state index is 12.9. The first-order valence-corrected chi connectivity index (χ1v) is 7.18. The molecule has 0 saturated heterocycles. The number of carbonyl (C=O) groups is 2. The van der Waals surface area contributed by atoms with Crippen LogP contribution in [0.3, 0.4) is 0 Å². The molecule has 0 aliphatic heterocycles. The third-order valence-corrected chi connectivity index (χ3v) is 3.66. The van der Waals surface area contributed by atoms with Gasteiger partial charge in [-0.3, -0.25) is 14.5 Å². The van der Waals surface area contributed by atoms with Crippen molar-refractivity contribution in [3.05, 3.63) is 46.7 Å². The molecule has 0 saturated carbocycles. The second kappa shape index (κ2) is 6.45. The fraction of sp³-hybridized carbons (Fsp3) is 0.214. The minimum absolute atomic E-state index is 0.274. The molecule has 1 N–H and O–H groups in total. The van der Waals surface area contributed by atoms with Crippen molar-refractivity contribution >= 4 is 28.3 Å². The molecule has 5 nitrogen and oxygen atoms in total. The summed E-state index contributed by atoms with van der Waals surface area (Å²) in [4.78, 5) is 29.3. The molecule has 1 heterocycles. The molecular formula is C14H14FN3O2S. The highest BCUT2D eigenvalue weighted by molar-refractivity contribution is 7.14. The lowest BCUT2D eigenvalue weighted by Crippen LogP contribution is -2.27. The SMILES string of the molecule is CCNC(=O)c1csc(N(C)C(=O)c2ccc(F)cc2)n1. The molecule has 1 aromatic carbocycles. The number of nitrogens with zero attached hydrogens (tertiary/aromatic N) is 2. The van der Waals surface area contributed by atoms with Crippen molar-refractivity contribution in [2.75, 3.05) is 18.5 Å². The predicted molar refractivity (Wildman–Crippen MR) is 79.3 cm³/mol. The number of rotatable bonds is 4. The lowest BCUT2D eigenvalue weighted by molar-refractivity contribution is 0.0948. The van der Waals surface area contributed by atoms with Gasteiger partial charge in [0.05, 0.1) is 0 Å². The van der Waals surface area contributed by atoms with E-state index in [0.29, 0.717) is 17.2 Å². The molecule has 1 aromatic heterocycles. The molecule has 0 bridgehead atoms. The maximum atomic E-state index is 12.9. The Hall–Kier alpha value is -2.28. The smallest absolute Gasteiger partial charge is 0.270 e. The van der Waals surface area contributed by atoms with Gasteiger partial charge in [0.2, 0.25) is 0 Å². The molecule has 0 aliphatic rings. The van der Waals surface area contributed by atoms with E-state index in [1.807, 2.05) is 6.92 Å². The van der Waals surface area contributed by atoms with Crippen molar-refractivity contribution in [2.24, 2.45) is 0 Å². The molecular weight excluding hydrogens is 293 g/mol. The van der Waals surface area contributed by atoms with Gasteiger partial charge >= 0.3 is 0 Å². The van der Waals surface area contributed by atoms with Gasteiger partial charge in [0, 0.05) is 24.5 Å². The van der Waals surface area contributed by atoms with Crippen LogP contribution in [0.25, 0.3) is 0 Å². The van der Waals surface area contributed by atoms with Crippen molar-refractivity contribution < 1.29 is 14.0 Å². The van der Waals surface area contributed by atoms with E-state index in [1.165, 1.54) is 40.5 Å². The van der Waals surface area contributed by atoms with Crippen molar-refractivity contribution in [3.63, 3.8) is 0 Å². The van der Waals surface area contributed by atoms with Crippen LogP contribution in [-0.4, -0.2) is 30.4 Å². The summed E-state index contributed by atoms with van der Waals surface area (Å²) in [6.45, 7) is 2.32. The van der Waals surface area contributed by atoms with Crippen molar-refractivity contribution in [1.29, 1.82) is 0 Å². The fourth-order valence-electron chi connectivity index (χ4n) is 1.65. The van der Waals surface area contributed by atoms with E-state index in [0.717, 1.165) is 0 Å². The quantitative estimate of drug-likeness (QED) is 0.943. The Morgan fingerprint density at radius 1 is 1.33 bits per heavy atom. The Labute approximate surface area is 125 Å². The molecule has 0 fully saturated rings. The first-order chi connectivity index (χ1) is 10.0. The number of amides is 2. The van der Waals surface area contributed by atoms with E-state index in [-0.39, 0.29) is 17.5 Å². The summed E-state index contributed by atoms with van der Waals surface area (Å²) in [5.41, 5.74) is 0.629. The van der Waals surface area contributed by atoms with Crippen LogP contribution in [0.15, 0.2) is 29.6 Å². The molecule has 0 atom stereocenters. The normalized spacial score (nSPS) is 10.2. The average molecular weight is 307 g/mol. The highest BCUT2D eigenvalue weighted by Gasteiger charge is 2.18. The van der Waals surface area contributed by atoms with Gasteiger partial charge in [-0.25, -0.2) is 9.37 Å². The Bertz CT molecular complexity index is 654. The molecule has 0 spiro atoms. The minimum atomic E-state index is -0.401. The van der Waals surface area contributed by atoms with E-state index >= 15 is 0 Å². The number of benzene rings is 1. The van der Waals surface area contributed by atoms with Crippen molar-refractivity contribution in [1.82, 2.24) is 10.3 Å². The van der Waals surface area contributed by atoms with Crippen LogP contribution < -0.4 is 10.2 Å². The summed E-state index contributed by atoms with van der Waals surface area (Å²) in [7, 11) is 1.56.